The van der Waals surface area contributed by atoms with E-state index in [4.69, 9.17) is 4.74 Å². The molecule has 1 aromatic carbocycles. The third kappa shape index (κ3) is 2.31. The van der Waals surface area contributed by atoms with Crippen molar-refractivity contribution in [2.45, 2.75) is 13.5 Å². The number of para-hydroxylation sites is 1. The van der Waals surface area contributed by atoms with E-state index in [-0.39, 0.29) is 0 Å². The number of imidazole rings is 1. The average molecular weight is 231 g/mol. The van der Waals surface area contributed by atoms with E-state index in [1.807, 2.05) is 36.9 Å². The van der Waals surface area contributed by atoms with E-state index in [1.54, 1.807) is 7.11 Å². The maximum atomic E-state index is 5.22. The predicted molar refractivity (Wildman–Crippen MR) is 68.6 cm³/mol. The van der Waals surface area contributed by atoms with Crippen LogP contribution in [0.15, 0.2) is 30.5 Å². The van der Waals surface area contributed by atoms with Crippen LogP contribution in [0, 0.1) is 6.92 Å². The Morgan fingerprint density at radius 3 is 2.82 bits per heavy atom. The molecule has 4 heteroatoms. The summed E-state index contributed by atoms with van der Waals surface area (Å²) in [6.45, 7) is 2.58. The number of hydrogen-bond acceptors (Lipinski definition) is 3. The molecule has 0 fully saturated rings. The van der Waals surface area contributed by atoms with E-state index in [0.29, 0.717) is 6.61 Å². The van der Waals surface area contributed by atoms with E-state index in [1.165, 1.54) is 0 Å². The first-order chi connectivity index (χ1) is 8.26. The van der Waals surface area contributed by atoms with Crippen molar-refractivity contribution in [3.05, 3.63) is 41.7 Å². The number of methoxy groups -OCH3 is 1. The number of aryl methyl sites for hydroxylation is 1. The van der Waals surface area contributed by atoms with Crippen LogP contribution in [0.1, 0.15) is 11.3 Å². The quantitative estimate of drug-likeness (QED) is 0.878. The highest BCUT2D eigenvalue weighted by molar-refractivity contribution is 5.47. The summed E-state index contributed by atoms with van der Waals surface area (Å²) in [5.41, 5.74) is 3.23. The molecule has 4 nitrogen and oxygen atoms in total. The summed E-state index contributed by atoms with van der Waals surface area (Å²) in [5, 5.41) is 3.10. The van der Waals surface area contributed by atoms with Crippen molar-refractivity contribution in [3.63, 3.8) is 0 Å². The fourth-order valence-electron chi connectivity index (χ4n) is 1.88. The summed E-state index contributed by atoms with van der Waals surface area (Å²) in [4.78, 5) is 4.42. The minimum Gasteiger partial charge on any atom is -0.380 e. The Bertz CT molecular complexity index is 505. The second-order valence-corrected chi connectivity index (χ2v) is 3.89. The molecule has 0 radical (unpaired) electrons. The highest BCUT2D eigenvalue weighted by atomic mass is 16.5. The monoisotopic (exact) mass is 231 g/mol. The molecule has 1 heterocycles. The van der Waals surface area contributed by atoms with Crippen LogP contribution in [0.3, 0.4) is 0 Å². The number of rotatable bonds is 4. The zero-order valence-corrected chi connectivity index (χ0v) is 10.4. The van der Waals surface area contributed by atoms with Crippen molar-refractivity contribution in [2.24, 2.45) is 0 Å². The Kier molecular flexibility index (Phi) is 3.44. The van der Waals surface area contributed by atoms with Crippen LogP contribution in [0.5, 0.6) is 0 Å². The van der Waals surface area contributed by atoms with Gasteiger partial charge in [0.15, 0.2) is 0 Å². The summed E-state index contributed by atoms with van der Waals surface area (Å²) in [6.07, 6.45) is 2.01. The molecule has 0 unspecified atom stereocenters. The van der Waals surface area contributed by atoms with Gasteiger partial charge >= 0.3 is 0 Å². The molecule has 2 rings (SSSR count). The number of nitrogens with zero attached hydrogens (tertiary/aromatic N) is 2. The molecule has 0 aliphatic carbocycles. The number of benzene rings is 1. The molecule has 1 aromatic heterocycles. The first-order valence-corrected chi connectivity index (χ1v) is 5.57. The Hall–Kier alpha value is -1.81. The second-order valence-electron chi connectivity index (χ2n) is 3.89. The predicted octanol–water partition coefficient (Wildman–Crippen LogP) is 2.37. The SMILES string of the molecule is CNc1nc(C)cn1-c1ccccc1COC. The van der Waals surface area contributed by atoms with Crippen LogP contribution in [-0.2, 0) is 11.3 Å². The van der Waals surface area contributed by atoms with E-state index < -0.39 is 0 Å². The highest BCUT2D eigenvalue weighted by Gasteiger charge is 2.09. The van der Waals surface area contributed by atoms with Gasteiger partial charge in [-0.05, 0) is 13.0 Å². The van der Waals surface area contributed by atoms with Gasteiger partial charge < -0.3 is 10.1 Å². The fourth-order valence-corrected chi connectivity index (χ4v) is 1.88. The standard InChI is InChI=1S/C13H17N3O/c1-10-8-16(13(14-2)15-10)12-7-5-4-6-11(12)9-17-3/h4-8H,9H2,1-3H3,(H,14,15). The minimum atomic E-state index is 0.594. The third-order valence-corrected chi connectivity index (χ3v) is 2.60. The Morgan fingerprint density at radius 2 is 2.12 bits per heavy atom. The van der Waals surface area contributed by atoms with Gasteiger partial charge in [-0.3, -0.25) is 4.57 Å². The lowest BCUT2D eigenvalue weighted by molar-refractivity contribution is 0.185. The molecule has 0 spiro atoms. The molecule has 90 valence electrons. The first-order valence-electron chi connectivity index (χ1n) is 5.57. The second kappa shape index (κ2) is 5.01. The summed E-state index contributed by atoms with van der Waals surface area (Å²) in [7, 11) is 3.58. The van der Waals surface area contributed by atoms with Crippen LogP contribution in [0.4, 0.5) is 5.95 Å². The molecule has 0 saturated carbocycles. The molecule has 0 saturated heterocycles. The van der Waals surface area contributed by atoms with Crippen LogP contribution in [-0.4, -0.2) is 23.7 Å². The number of anilines is 1. The van der Waals surface area contributed by atoms with E-state index >= 15 is 0 Å². The third-order valence-electron chi connectivity index (χ3n) is 2.60. The van der Waals surface area contributed by atoms with Crippen molar-refractivity contribution in [3.8, 4) is 5.69 Å². The first kappa shape index (κ1) is 11.7. The van der Waals surface area contributed by atoms with Crippen LogP contribution >= 0.6 is 0 Å². The van der Waals surface area contributed by atoms with E-state index in [2.05, 4.69) is 22.4 Å². The Morgan fingerprint density at radius 1 is 1.35 bits per heavy atom. The van der Waals surface area contributed by atoms with Crippen molar-refractivity contribution in [1.82, 2.24) is 9.55 Å². The van der Waals surface area contributed by atoms with E-state index in [0.717, 1.165) is 22.9 Å². The Labute approximate surface area is 101 Å². The van der Waals surface area contributed by atoms with Crippen LogP contribution in [0.2, 0.25) is 0 Å². The van der Waals surface area contributed by atoms with E-state index in [9.17, 15) is 0 Å². The highest BCUT2D eigenvalue weighted by Crippen LogP contribution is 2.20. The number of ether oxygens (including phenoxy) is 1. The molecule has 0 aliphatic rings. The summed E-state index contributed by atoms with van der Waals surface area (Å²) >= 11 is 0. The summed E-state index contributed by atoms with van der Waals surface area (Å²) < 4.78 is 7.26. The van der Waals surface area contributed by atoms with Crippen molar-refractivity contribution < 1.29 is 4.74 Å². The molecule has 17 heavy (non-hydrogen) atoms. The molecule has 2 aromatic rings. The van der Waals surface area contributed by atoms with Gasteiger partial charge in [-0.15, -0.1) is 0 Å². The zero-order chi connectivity index (χ0) is 12.3. The molecule has 0 bridgehead atoms. The van der Waals surface area contributed by atoms with Crippen molar-refractivity contribution in [2.75, 3.05) is 19.5 Å². The van der Waals surface area contributed by atoms with Crippen molar-refractivity contribution >= 4 is 5.95 Å². The van der Waals surface area contributed by atoms with Gasteiger partial charge in [0.1, 0.15) is 0 Å². The van der Waals surface area contributed by atoms with Crippen LogP contribution in [0.25, 0.3) is 5.69 Å². The molecular formula is C13H17N3O. The minimum absolute atomic E-state index is 0.594. The van der Waals surface area contributed by atoms with Gasteiger partial charge in [0, 0.05) is 25.9 Å². The molecule has 1 N–H and O–H groups in total. The zero-order valence-electron chi connectivity index (χ0n) is 10.4. The lowest BCUT2D eigenvalue weighted by atomic mass is 10.2. The number of hydrogen-bond donors (Lipinski definition) is 1. The van der Waals surface area contributed by atoms with Gasteiger partial charge in [-0.25, -0.2) is 4.98 Å². The van der Waals surface area contributed by atoms with Gasteiger partial charge in [0.05, 0.1) is 18.0 Å². The molecule has 0 atom stereocenters. The maximum Gasteiger partial charge on any atom is 0.207 e. The number of nitrogens with one attached hydrogen (secondary N) is 1. The fraction of sp³-hybridized carbons (Fsp3) is 0.308. The van der Waals surface area contributed by atoms with Gasteiger partial charge in [-0.1, -0.05) is 18.2 Å². The van der Waals surface area contributed by atoms with Gasteiger partial charge in [-0.2, -0.15) is 0 Å². The Balaban J connectivity index is 2.51. The van der Waals surface area contributed by atoms with Crippen LogP contribution < -0.4 is 5.32 Å². The lowest BCUT2D eigenvalue weighted by Gasteiger charge is -2.11. The summed E-state index contributed by atoms with van der Waals surface area (Å²) in [5.74, 6) is 0.839. The normalized spacial score (nSPS) is 10.5. The smallest absolute Gasteiger partial charge is 0.207 e. The largest absolute Gasteiger partial charge is 0.380 e. The lowest BCUT2D eigenvalue weighted by Crippen LogP contribution is -2.04. The topological polar surface area (TPSA) is 39.1 Å². The van der Waals surface area contributed by atoms with Crippen molar-refractivity contribution in [1.29, 1.82) is 0 Å². The average Bonchev–Trinajstić information content (AvgIpc) is 2.71. The number of aromatic nitrogens is 2. The molecular weight excluding hydrogens is 214 g/mol. The summed E-state index contributed by atoms with van der Waals surface area (Å²) in [6, 6.07) is 8.16. The molecule has 0 aliphatic heterocycles. The van der Waals surface area contributed by atoms with Gasteiger partial charge in [0.25, 0.3) is 0 Å². The maximum absolute atomic E-state index is 5.22. The molecule has 0 amide bonds. The van der Waals surface area contributed by atoms with Gasteiger partial charge in [0.2, 0.25) is 5.95 Å².